The Morgan fingerprint density at radius 2 is 1.91 bits per heavy atom. The topological polar surface area (TPSA) is 49.8 Å². The second-order valence-corrected chi connectivity index (χ2v) is 8.74. The molecule has 0 saturated carbocycles. The highest BCUT2D eigenvalue weighted by molar-refractivity contribution is 5.90. The van der Waals surface area contributed by atoms with Gasteiger partial charge in [0.15, 0.2) is 0 Å². The molecule has 0 amide bonds. The Balaban J connectivity index is 1.73. The number of aromatic nitrogens is 2. The first-order valence-corrected chi connectivity index (χ1v) is 11.1. The summed E-state index contributed by atoms with van der Waals surface area (Å²) in [6, 6.07) is 17.7. The lowest BCUT2D eigenvalue weighted by molar-refractivity contribution is 0.621. The Hall–Kier alpha value is -3.73. The number of aryl methyl sites for hydroxylation is 1. The van der Waals surface area contributed by atoms with E-state index in [9.17, 15) is 0 Å². The molecule has 0 aliphatic heterocycles. The summed E-state index contributed by atoms with van der Waals surface area (Å²) in [6.07, 6.45) is 2.75. The van der Waals surface area contributed by atoms with E-state index in [1.54, 1.807) is 26.2 Å². The lowest BCUT2D eigenvalue weighted by Crippen LogP contribution is -2.03. The van der Waals surface area contributed by atoms with E-state index in [2.05, 4.69) is 53.2 Å². The lowest BCUT2D eigenvalue weighted by atomic mass is 9.94. The SMILES string of the molecule is C=C(Nc1cccc(CC(C)C)c1)c1ccc(C)c(F)c1-c1ccc2nc(NC)ncc2c1. The number of nitrogens with one attached hydrogen (secondary N) is 2. The normalized spacial score (nSPS) is 11.1. The number of fused-ring (bicyclic) bond motifs is 1. The number of rotatable bonds is 7. The van der Waals surface area contributed by atoms with Gasteiger partial charge in [-0.05, 0) is 60.2 Å². The summed E-state index contributed by atoms with van der Waals surface area (Å²) in [5, 5.41) is 7.17. The number of nitrogens with zero attached hydrogens (tertiary/aromatic N) is 2. The Morgan fingerprint density at radius 3 is 2.67 bits per heavy atom. The van der Waals surface area contributed by atoms with Crippen LogP contribution in [0.2, 0.25) is 0 Å². The third-order valence-electron chi connectivity index (χ3n) is 5.62. The molecule has 0 unspecified atom stereocenters. The molecule has 0 bridgehead atoms. The lowest BCUT2D eigenvalue weighted by Gasteiger charge is -2.17. The van der Waals surface area contributed by atoms with Gasteiger partial charge in [-0.25, -0.2) is 14.4 Å². The molecule has 2 N–H and O–H groups in total. The molecule has 5 heteroatoms. The Bertz CT molecular complexity index is 1330. The van der Waals surface area contributed by atoms with Crippen LogP contribution in [0, 0.1) is 18.7 Å². The first-order chi connectivity index (χ1) is 15.9. The van der Waals surface area contributed by atoms with Gasteiger partial charge in [-0.1, -0.05) is 50.8 Å². The number of hydrogen-bond donors (Lipinski definition) is 2. The van der Waals surface area contributed by atoms with Crippen molar-refractivity contribution in [1.29, 1.82) is 0 Å². The Labute approximate surface area is 194 Å². The van der Waals surface area contributed by atoms with Crippen LogP contribution < -0.4 is 10.6 Å². The van der Waals surface area contributed by atoms with E-state index in [4.69, 9.17) is 0 Å². The van der Waals surface area contributed by atoms with Crippen molar-refractivity contribution in [2.24, 2.45) is 5.92 Å². The first kappa shape index (κ1) is 22.5. The molecule has 4 nitrogen and oxygen atoms in total. The molecule has 168 valence electrons. The summed E-state index contributed by atoms with van der Waals surface area (Å²) in [4.78, 5) is 8.76. The zero-order valence-corrected chi connectivity index (χ0v) is 19.5. The van der Waals surface area contributed by atoms with Crippen molar-refractivity contribution in [2.75, 3.05) is 17.7 Å². The smallest absolute Gasteiger partial charge is 0.222 e. The van der Waals surface area contributed by atoms with Crippen LogP contribution in [-0.2, 0) is 6.42 Å². The number of benzene rings is 3. The molecule has 33 heavy (non-hydrogen) atoms. The van der Waals surface area contributed by atoms with Gasteiger partial charge in [0.1, 0.15) is 5.82 Å². The third-order valence-corrected chi connectivity index (χ3v) is 5.62. The zero-order valence-electron chi connectivity index (χ0n) is 19.5. The van der Waals surface area contributed by atoms with Gasteiger partial charge in [-0.15, -0.1) is 0 Å². The number of anilines is 2. The fraction of sp³-hybridized carbons (Fsp3) is 0.214. The van der Waals surface area contributed by atoms with Gasteiger partial charge in [0.05, 0.1) is 5.52 Å². The van der Waals surface area contributed by atoms with Crippen molar-refractivity contribution < 1.29 is 4.39 Å². The predicted octanol–water partition coefficient (Wildman–Crippen LogP) is 7.07. The van der Waals surface area contributed by atoms with Crippen molar-refractivity contribution in [3.8, 4) is 11.1 Å². The van der Waals surface area contributed by atoms with Gasteiger partial charge < -0.3 is 10.6 Å². The minimum Gasteiger partial charge on any atom is -0.357 e. The summed E-state index contributed by atoms with van der Waals surface area (Å²) < 4.78 is 15.5. The van der Waals surface area contributed by atoms with Crippen molar-refractivity contribution >= 4 is 28.2 Å². The fourth-order valence-electron chi connectivity index (χ4n) is 4.01. The average Bonchev–Trinajstić information content (AvgIpc) is 2.79. The monoisotopic (exact) mass is 440 g/mol. The van der Waals surface area contributed by atoms with Crippen LogP contribution in [0.5, 0.6) is 0 Å². The molecule has 3 aromatic carbocycles. The molecule has 4 rings (SSSR count). The van der Waals surface area contributed by atoms with Crippen molar-refractivity contribution in [1.82, 2.24) is 9.97 Å². The molecule has 0 aliphatic rings. The van der Waals surface area contributed by atoms with Crippen LogP contribution in [0.3, 0.4) is 0 Å². The van der Waals surface area contributed by atoms with Gasteiger partial charge in [0, 0.05) is 41.1 Å². The average molecular weight is 441 g/mol. The fourth-order valence-corrected chi connectivity index (χ4v) is 4.01. The maximum atomic E-state index is 15.5. The highest BCUT2D eigenvalue weighted by Crippen LogP contribution is 2.34. The summed E-state index contributed by atoms with van der Waals surface area (Å²) in [7, 11) is 1.78. The van der Waals surface area contributed by atoms with Gasteiger partial charge >= 0.3 is 0 Å². The van der Waals surface area contributed by atoms with Crippen LogP contribution >= 0.6 is 0 Å². The van der Waals surface area contributed by atoms with Crippen molar-refractivity contribution in [2.45, 2.75) is 27.2 Å². The minimum absolute atomic E-state index is 0.254. The minimum atomic E-state index is -0.254. The van der Waals surface area contributed by atoms with Gasteiger partial charge in [0.2, 0.25) is 5.95 Å². The second kappa shape index (κ2) is 9.41. The predicted molar refractivity (Wildman–Crippen MR) is 137 cm³/mol. The van der Waals surface area contributed by atoms with Crippen LogP contribution in [0.25, 0.3) is 27.7 Å². The molecular weight excluding hydrogens is 411 g/mol. The Kier molecular flexibility index (Phi) is 6.40. The quantitative estimate of drug-likeness (QED) is 0.323. The molecule has 4 aromatic rings. The van der Waals surface area contributed by atoms with E-state index in [1.165, 1.54) is 5.56 Å². The van der Waals surface area contributed by atoms with E-state index in [0.29, 0.717) is 28.7 Å². The van der Waals surface area contributed by atoms with E-state index in [1.807, 2.05) is 36.4 Å². The van der Waals surface area contributed by atoms with Crippen LogP contribution in [0.15, 0.2) is 67.4 Å². The molecular formula is C28H29FN4. The molecule has 1 heterocycles. The highest BCUT2D eigenvalue weighted by atomic mass is 19.1. The highest BCUT2D eigenvalue weighted by Gasteiger charge is 2.17. The van der Waals surface area contributed by atoms with E-state index < -0.39 is 0 Å². The largest absolute Gasteiger partial charge is 0.357 e. The van der Waals surface area contributed by atoms with E-state index in [0.717, 1.165) is 34.1 Å². The number of halogens is 1. The third kappa shape index (κ3) is 4.87. The van der Waals surface area contributed by atoms with Crippen LogP contribution in [0.4, 0.5) is 16.0 Å². The van der Waals surface area contributed by atoms with Gasteiger partial charge in [-0.2, -0.15) is 0 Å². The Morgan fingerprint density at radius 1 is 1.09 bits per heavy atom. The van der Waals surface area contributed by atoms with Crippen LogP contribution in [0.1, 0.15) is 30.5 Å². The molecule has 0 fully saturated rings. The van der Waals surface area contributed by atoms with Gasteiger partial charge in [-0.3, -0.25) is 0 Å². The molecule has 0 saturated heterocycles. The van der Waals surface area contributed by atoms with Crippen molar-refractivity contribution in [3.63, 3.8) is 0 Å². The maximum absolute atomic E-state index is 15.5. The van der Waals surface area contributed by atoms with Crippen LogP contribution in [-0.4, -0.2) is 17.0 Å². The van der Waals surface area contributed by atoms with E-state index >= 15 is 4.39 Å². The first-order valence-electron chi connectivity index (χ1n) is 11.1. The standard InChI is InChI=1S/C28H29FN4/c1-17(2)13-20-7-6-8-23(14-20)32-19(4)24-11-9-18(3)27(29)26(24)21-10-12-25-22(15-21)16-31-28(30-5)33-25/h6-12,14-17,32H,4,13H2,1-3,5H3,(H,30,31,33). The number of hydrogen-bond acceptors (Lipinski definition) is 4. The zero-order chi connectivity index (χ0) is 23.5. The summed E-state index contributed by atoms with van der Waals surface area (Å²) >= 11 is 0. The molecule has 1 aromatic heterocycles. The van der Waals surface area contributed by atoms with E-state index in [-0.39, 0.29) is 5.82 Å². The summed E-state index contributed by atoms with van der Waals surface area (Å²) in [5.74, 6) is 0.869. The summed E-state index contributed by atoms with van der Waals surface area (Å²) in [6.45, 7) is 10.4. The molecule has 0 radical (unpaired) electrons. The maximum Gasteiger partial charge on any atom is 0.222 e. The molecule has 0 atom stereocenters. The van der Waals surface area contributed by atoms with Crippen molar-refractivity contribution in [3.05, 3.63) is 89.9 Å². The van der Waals surface area contributed by atoms with Gasteiger partial charge in [0.25, 0.3) is 0 Å². The summed E-state index contributed by atoms with van der Waals surface area (Å²) in [5.41, 5.74) is 6.23. The molecule has 0 spiro atoms. The molecule has 0 aliphatic carbocycles. The second-order valence-electron chi connectivity index (χ2n) is 8.74.